The smallest absolute Gasteiger partial charge is 0.0252 e. The molecule has 0 aromatic rings. The summed E-state index contributed by atoms with van der Waals surface area (Å²) < 4.78 is 0. The van der Waals surface area contributed by atoms with Crippen LogP contribution in [-0.2, 0) is 0 Å². The second kappa shape index (κ2) is 6.49. The summed E-state index contributed by atoms with van der Waals surface area (Å²) in [7, 11) is 0. The van der Waals surface area contributed by atoms with Crippen LogP contribution in [0, 0.1) is 5.92 Å². The fourth-order valence-corrected chi connectivity index (χ4v) is 2.96. The van der Waals surface area contributed by atoms with E-state index >= 15 is 0 Å². The van der Waals surface area contributed by atoms with E-state index in [1.54, 1.807) is 0 Å². The first-order chi connectivity index (χ1) is 7.29. The van der Waals surface area contributed by atoms with E-state index in [1.165, 1.54) is 38.9 Å². The van der Waals surface area contributed by atoms with E-state index in [9.17, 15) is 0 Å². The van der Waals surface area contributed by atoms with Crippen LogP contribution in [0.1, 0.15) is 47.0 Å². The van der Waals surface area contributed by atoms with Crippen LogP contribution in [0.4, 0.5) is 0 Å². The van der Waals surface area contributed by atoms with Gasteiger partial charge in [0.15, 0.2) is 0 Å². The van der Waals surface area contributed by atoms with E-state index in [1.807, 2.05) is 13.8 Å². The van der Waals surface area contributed by atoms with Crippen molar-refractivity contribution in [1.29, 1.82) is 0 Å². The van der Waals surface area contributed by atoms with E-state index in [0.717, 1.165) is 18.0 Å². The van der Waals surface area contributed by atoms with Gasteiger partial charge in [0.1, 0.15) is 0 Å². The van der Waals surface area contributed by atoms with E-state index < -0.39 is 0 Å². The molecule has 2 heteroatoms. The molecule has 1 N–H and O–H groups in total. The molecule has 2 atom stereocenters. The normalized spacial score (nSPS) is 31.8. The van der Waals surface area contributed by atoms with Crippen molar-refractivity contribution >= 4 is 0 Å². The molecule has 0 aliphatic carbocycles. The van der Waals surface area contributed by atoms with Crippen molar-refractivity contribution in [1.82, 2.24) is 10.2 Å². The first-order valence-corrected chi connectivity index (χ1v) is 6.75. The topological polar surface area (TPSA) is 15.3 Å². The van der Waals surface area contributed by atoms with Crippen molar-refractivity contribution in [2.75, 3.05) is 19.6 Å². The van der Waals surface area contributed by atoms with Gasteiger partial charge >= 0.3 is 0 Å². The van der Waals surface area contributed by atoms with Crippen molar-refractivity contribution in [2.45, 2.75) is 59.0 Å². The molecule has 2 unspecified atom stereocenters. The van der Waals surface area contributed by atoms with E-state index in [0.29, 0.717) is 0 Å². The maximum atomic E-state index is 3.53. The van der Waals surface area contributed by atoms with Crippen LogP contribution in [0.5, 0.6) is 0 Å². The van der Waals surface area contributed by atoms with Crippen LogP contribution in [-0.4, -0.2) is 36.6 Å². The lowest BCUT2D eigenvalue weighted by atomic mass is 9.83. The third-order valence-electron chi connectivity index (χ3n) is 3.67. The molecule has 2 rings (SSSR count). The zero-order valence-electron chi connectivity index (χ0n) is 10.9. The number of nitrogens with zero attached hydrogens (tertiary/aromatic N) is 1. The van der Waals surface area contributed by atoms with Gasteiger partial charge < -0.3 is 5.32 Å². The van der Waals surface area contributed by atoms with Crippen molar-refractivity contribution in [2.24, 2.45) is 5.92 Å². The standard InChI is InChI=1S/C11H22N2.C2H6/c1-9(2)13-7-3-4-10-5-6-12-8-11(10)13;1-2/h9-12H,3-8H2,1-2H3;1-2H3. The molecule has 0 spiro atoms. The number of hydrogen-bond donors (Lipinski definition) is 1. The first kappa shape index (κ1) is 13.0. The second-order valence-electron chi connectivity index (χ2n) is 4.79. The van der Waals surface area contributed by atoms with Gasteiger partial charge in [-0.25, -0.2) is 0 Å². The fourth-order valence-electron chi connectivity index (χ4n) is 2.96. The van der Waals surface area contributed by atoms with Crippen molar-refractivity contribution in [3.05, 3.63) is 0 Å². The number of likely N-dealkylation sites (tertiary alicyclic amines) is 1. The predicted octanol–water partition coefficient (Wildman–Crippen LogP) is 2.49. The summed E-state index contributed by atoms with van der Waals surface area (Å²) >= 11 is 0. The van der Waals surface area contributed by atoms with Gasteiger partial charge in [0.2, 0.25) is 0 Å². The average molecular weight is 212 g/mol. The Kier molecular flexibility index (Phi) is 5.62. The summed E-state index contributed by atoms with van der Waals surface area (Å²) in [5, 5.41) is 3.53. The molecular weight excluding hydrogens is 184 g/mol. The van der Waals surface area contributed by atoms with Gasteiger partial charge in [-0.2, -0.15) is 0 Å². The Hall–Kier alpha value is -0.0800. The van der Waals surface area contributed by atoms with Crippen LogP contribution in [0.25, 0.3) is 0 Å². The van der Waals surface area contributed by atoms with Crippen molar-refractivity contribution < 1.29 is 0 Å². The van der Waals surface area contributed by atoms with Crippen LogP contribution in [0.3, 0.4) is 0 Å². The van der Waals surface area contributed by atoms with Gasteiger partial charge in [-0.15, -0.1) is 0 Å². The Balaban J connectivity index is 0.000000531. The van der Waals surface area contributed by atoms with Gasteiger partial charge in [-0.3, -0.25) is 4.90 Å². The largest absolute Gasteiger partial charge is 0.315 e. The number of nitrogens with one attached hydrogen (secondary N) is 1. The molecule has 2 nitrogen and oxygen atoms in total. The number of piperidine rings is 2. The summed E-state index contributed by atoms with van der Waals surface area (Å²) in [5.74, 6) is 0.984. The summed E-state index contributed by atoms with van der Waals surface area (Å²) in [6.45, 7) is 12.4. The molecule has 2 aliphatic rings. The SMILES string of the molecule is CC.CC(C)N1CCCC2CCNCC21. The fraction of sp³-hybridized carbons (Fsp3) is 1.00. The Labute approximate surface area is 95.4 Å². The third kappa shape index (κ3) is 3.18. The molecule has 2 aliphatic heterocycles. The van der Waals surface area contributed by atoms with Crippen molar-refractivity contribution in [3.63, 3.8) is 0 Å². The van der Waals surface area contributed by atoms with Gasteiger partial charge in [0, 0.05) is 18.6 Å². The first-order valence-electron chi connectivity index (χ1n) is 6.75. The molecule has 0 amide bonds. The lowest BCUT2D eigenvalue weighted by Crippen LogP contribution is -2.56. The molecule has 0 aromatic heterocycles. The summed E-state index contributed by atoms with van der Waals surface area (Å²) in [5.41, 5.74) is 0. The van der Waals surface area contributed by atoms with Crippen LogP contribution in [0.2, 0.25) is 0 Å². The van der Waals surface area contributed by atoms with Gasteiger partial charge in [0.25, 0.3) is 0 Å². The number of fused-ring (bicyclic) bond motifs is 1. The van der Waals surface area contributed by atoms with Crippen LogP contribution in [0.15, 0.2) is 0 Å². The molecule has 0 aromatic carbocycles. The summed E-state index contributed by atoms with van der Waals surface area (Å²) in [4.78, 5) is 2.69. The highest BCUT2D eigenvalue weighted by molar-refractivity contribution is 4.90. The number of rotatable bonds is 1. The molecule has 0 radical (unpaired) electrons. The minimum atomic E-state index is 0.729. The molecule has 90 valence electrons. The molecule has 2 fully saturated rings. The third-order valence-corrected chi connectivity index (χ3v) is 3.67. The molecule has 0 saturated carbocycles. The molecule has 2 heterocycles. The molecule has 2 saturated heterocycles. The second-order valence-corrected chi connectivity index (χ2v) is 4.79. The molecular formula is C13H28N2. The minimum Gasteiger partial charge on any atom is -0.315 e. The minimum absolute atomic E-state index is 0.729. The zero-order valence-corrected chi connectivity index (χ0v) is 10.9. The highest BCUT2D eigenvalue weighted by atomic mass is 15.2. The summed E-state index contributed by atoms with van der Waals surface area (Å²) in [6.07, 6.45) is 4.28. The average Bonchev–Trinajstić information content (AvgIpc) is 2.31. The van der Waals surface area contributed by atoms with Crippen molar-refractivity contribution in [3.8, 4) is 0 Å². The van der Waals surface area contributed by atoms with E-state index in [2.05, 4.69) is 24.1 Å². The maximum Gasteiger partial charge on any atom is 0.0252 e. The Morgan fingerprint density at radius 1 is 1.20 bits per heavy atom. The van der Waals surface area contributed by atoms with Crippen LogP contribution >= 0.6 is 0 Å². The Morgan fingerprint density at radius 2 is 1.93 bits per heavy atom. The predicted molar refractivity (Wildman–Crippen MR) is 67.2 cm³/mol. The molecule has 0 bridgehead atoms. The highest BCUT2D eigenvalue weighted by Gasteiger charge is 2.33. The lowest BCUT2D eigenvalue weighted by Gasteiger charge is -2.46. The van der Waals surface area contributed by atoms with Gasteiger partial charge in [-0.05, 0) is 52.1 Å². The van der Waals surface area contributed by atoms with E-state index in [-0.39, 0.29) is 0 Å². The Morgan fingerprint density at radius 3 is 2.60 bits per heavy atom. The highest BCUT2D eigenvalue weighted by Crippen LogP contribution is 2.29. The zero-order chi connectivity index (χ0) is 11.3. The van der Waals surface area contributed by atoms with Gasteiger partial charge in [0.05, 0.1) is 0 Å². The quantitative estimate of drug-likeness (QED) is 0.718. The number of hydrogen-bond acceptors (Lipinski definition) is 2. The lowest BCUT2D eigenvalue weighted by molar-refractivity contribution is 0.0459. The van der Waals surface area contributed by atoms with Crippen LogP contribution < -0.4 is 5.32 Å². The maximum absolute atomic E-state index is 3.53. The van der Waals surface area contributed by atoms with E-state index in [4.69, 9.17) is 0 Å². The summed E-state index contributed by atoms with van der Waals surface area (Å²) in [6, 6.07) is 1.56. The monoisotopic (exact) mass is 212 g/mol. The van der Waals surface area contributed by atoms with Gasteiger partial charge in [-0.1, -0.05) is 13.8 Å². The molecule has 15 heavy (non-hydrogen) atoms. The Bertz CT molecular complexity index is 166.